The minimum absolute atomic E-state index is 0.0509. The quantitative estimate of drug-likeness (QED) is 0.377. The van der Waals surface area contributed by atoms with Gasteiger partial charge in [-0.3, -0.25) is 14.1 Å². The van der Waals surface area contributed by atoms with E-state index in [9.17, 15) is 4.79 Å². The van der Waals surface area contributed by atoms with Gasteiger partial charge in [0.1, 0.15) is 17.4 Å². The van der Waals surface area contributed by atoms with Gasteiger partial charge in [0.25, 0.3) is 0 Å². The number of hydrogen-bond donors (Lipinski definition) is 1. The van der Waals surface area contributed by atoms with E-state index in [0.29, 0.717) is 43.9 Å². The molecule has 1 aliphatic carbocycles. The highest BCUT2D eigenvalue weighted by Gasteiger charge is 2.27. The van der Waals surface area contributed by atoms with Gasteiger partial charge >= 0.3 is 5.69 Å². The van der Waals surface area contributed by atoms with Gasteiger partial charge in [-0.1, -0.05) is 0 Å². The second-order valence-corrected chi connectivity index (χ2v) is 11.1. The van der Waals surface area contributed by atoms with Crippen LogP contribution in [0.1, 0.15) is 44.6 Å². The zero-order valence-electron chi connectivity index (χ0n) is 23.4. The lowest BCUT2D eigenvalue weighted by molar-refractivity contribution is 0.0695. The topological polar surface area (TPSA) is 121 Å². The van der Waals surface area contributed by atoms with E-state index in [1.165, 1.54) is 0 Å². The highest BCUT2D eigenvalue weighted by Crippen LogP contribution is 2.31. The van der Waals surface area contributed by atoms with Crippen LogP contribution in [0.3, 0.4) is 0 Å². The maximum Gasteiger partial charge on any atom is 0.330 e. The Morgan fingerprint density at radius 3 is 2.56 bits per heavy atom. The van der Waals surface area contributed by atoms with E-state index < -0.39 is 0 Å². The van der Waals surface area contributed by atoms with E-state index in [1.807, 2.05) is 29.0 Å². The smallest absolute Gasteiger partial charge is 0.330 e. The van der Waals surface area contributed by atoms with E-state index in [0.717, 1.165) is 73.9 Å². The van der Waals surface area contributed by atoms with Crippen LogP contribution in [0.25, 0.3) is 22.1 Å². The fraction of sp³-hybridized carbons (Fsp3) is 0.552. The highest BCUT2D eigenvalue weighted by atomic mass is 16.5. The summed E-state index contributed by atoms with van der Waals surface area (Å²) in [4.78, 5) is 34.1. The van der Waals surface area contributed by atoms with Crippen LogP contribution in [0.5, 0.6) is 5.88 Å². The zero-order chi connectivity index (χ0) is 27.8. The summed E-state index contributed by atoms with van der Waals surface area (Å²) in [6.07, 6.45) is 8.88. The molecular weight excluding hydrogens is 524 g/mol. The average Bonchev–Trinajstić information content (AvgIpc) is 3.27. The van der Waals surface area contributed by atoms with Gasteiger partial charge < -0.3 is 24.4 Å². The molecule has 12 nitrogen and oxygen atoms in total. The van der Waals surface area contributed by atoms with Crippen molar-refractivity contribution >= 4 is 33.8 Å². The summed E-state index contributed by atoms with van der Waals surface area (Å²) in [7, 11) is 1.78. The van der Waals surface area contributed by atoms with Crippen LogP contribution < -0.4 is 20.6 Å². The monoisotopic (exact) mass is 560 g/mol. The van der Waals surface area contributed by atoms with Gasteiger partial charge in [0.05, 0.1) is 30.3 Å². The molecule has 0 atom stereocenters. The van der Waals surface area contributed by atoms with Crippen LogP contribution in [-0.4, -0.2) is 80.7 Å². The molecule has 0 spiro atoms. The predicted octanol–water partition coefficient (Wildman–Crippen LogP) is 3.06. The lowest BCUT2D eigenvalue weighted by atomic mass is 9.93. The summed E-state index contributed by atoms with van der Waals surface area (Å²) in [5.41, 5.74) is 2.27. The normalized spacial score (nSPS) is 22.3. The van der Waals surface area contributed by atoms with Crippen molar-refractivity contribution in [1.29, 1.82) is 0 Å². The molecule has 3 fully saturated rings. The molecule has 6 heterocycles. The molecule has 4 aromatic heterocycles. The number of aromatic nitrogens is 6. The largest absolute Gasteiger partial charge is 0.474 e. The molecule has 3 aliphatic rings. The number of nitrogens with one attached hydrogen (secondary N) is 1. The van der Waals surface area contributed by atoms with Gasteiger partial charge in [0.2, 0.25) is 11.8 Å². The Labute approximate surface area is 237 Å². The maximum atomic E-state index is 13.0. The number of anilines is 2. The Morgan fingerprint density at radius 2 is 1.76 bits per heavy atom. The number of rotatable bonds is 6. The Hall–Kier alpha value is -3.77. The molecule has 0 bridgehead atoms. The third-order valence-electron chi connectivity index (χ3n) is 8.56. The number of pyridine rings is 2. The third kappa shape index (κ3) is 5.21. The molecular formula is C29H36N8O4. The number of hydrogen-bond acceptors (Lipinski definition) is 10. The molecule has 2 saturated heterocycles. The van der Waals surface area contributed by atoms with Crippen molar-refractivity contribution in [3.05, 3.63) is 41.1 Å². The molecule has 1 saturated carbocycles. The molecule has 2 aliphatic heterocycles. The zero-order valence-corrected chi connectivity index (χ0v) is 23.4. The van der Waals surface area contributed by atoms with Crippen molar-refractivity contribution in [2.45, 2.75) is 56.7 Å². The Morgan fingerprint density at radius 1 is 0.976 bits per heavy atom. The van der Waals surface area contributed by atoms with Crippen LogP contribution >= 0.6 is 0 Å². The molecule has 12 heteroatoms. The first kappa shape index (κ1) is 26.1. The van der Waals surface area contributed by atoms with Gasteiger partial charge in [0.15, 0.2) is 5.65 Å². The highest BCUT2D eigenvalue weighted by molar-refractivity contribution is 5.85. The summed E-state index contributed by atoms with van der Waals surface area (Å²) >= 11 is 0. The Balaban J connectivity index is 1.04. The van der Waals surface area contributed by atoms with Crippen LogP contribution in [0.2, 0.25) is 0 Å². The van der Waals surface area contributed by atoms with Gasteiger partial charge in [-0.2, -0.15) is 9.97 Å². The molecule has 7 rings (SSSR count). The van der Waals surface area contributed by atoms with E-state index in [1.54, 1.807) is 17.8 Å². The molecule has 1 N–H and O–H groups in total. The van der Waals surface area contributed by atoms with Gasteiger partial charge in [-0.15, -0.1) is 0 Å². The first-order chi connectivity index (χ1) is 20.1. The fourth-order valence-corrected chi connectivity index (χ4v) is 6.22. The number of aryl methyl sites for hydroxylation is 1. The summed E-state index contributed by atoms with van der Waals surface area (Å²) in [5, 5.41) is 4.46. The number of ether oxygens (including phenoxy) is 3. The minimum atomic E-state index is -0.0509. The molecule has 0 unspecified atom stereocenters. The van der Waals surface area contributed by atoms with Gasteiger partial charge in [-0.05, 0) is 50.7 Å². The molecule has 4 aromatic rings. The van der Waals surface area contributed by atoms with Gasteiger partial charge in [-0.25, -0.2) is 9.78 Å². The number of fused-ring (bicyclic) bond motifs is 2. The second kappa shape index (κ2) is 11.2. The van der Waals surface area contributed by atoms with Crippen molar-refractivity contribution in [1.82, 2.24) is 29.1 Å². The fourth-order valence-electron chi connectivity index (χ4n) is 6.22. The number of morpholine rings is 1. The number of nitrogens with zero attached hydrogens (tertiary/aromatic N) is 7. The summed E-state index contributed by atoms with van der Waals surface area (Å²) in [6, 6.07) is 6.32. The van der Waals surface area contributed by atoms with E-state index >= 15 is 0 Å². The summed E-state index contributed by atoms with van der Waals surface area (Å²) in [6.45, 7) is 4.34. The Bertz CT molecular complexity index is 1580. The van der Waals surface area contributed by atoms with E-state index in [2.05, 4.69) is 20.2 Å². The predicted molar refractivity (Wildman–Crippen MR) is 155 cm³/mol. The standard InChI is InChI=1S/C29H36N8O4/c1-35-24-18-31-28(34-26(24)37(29(35)38)20-8-13-39-14-9-20)32-19-4-6-21(7-5-19)41-27-22-3-2-10-30-23(22)17-25(33-27)36-11-15-40-16-12-36/h2-3,10,17-21H,4-9,11-16H2,1H3,(H,31,32,34)/t19-,21+. The summed E-state index contributed by atoms with van der Waals surface area (Å²) < 4.78 is 21.0. The average molecular weight is 561 g/mol. The first-order valence-corrected chi connectivity index (χ1v) is 14.7. The first-order valence-electron chi connectivity index (χ1n) is 14.7. The summed E-state index contributed by atoms with van der Waals surface area (Å²) in [5.74, 6) is 2.10. The second-order valence-electron chi connectivity index (χ2n) is 11.1. The minimum Gasteiger partial charge on any atom is -0.474 e. The third-order valence-corrected chi connectivity index (χ3v) is 8.56. The SMILES string of the molecule is Cn1c(=O)n(C2CCOCC2)c2nc(N[C@H]3CC[C@@H](Oc4nc(N5CCOCC5)cc5ncccc45)CC3)ncc21. The van der Waals surface area contributed by atoms with Crippen LogP contribution in [0.15, 0.2) is 35.4 Å². The van der Waals surface area contributed by atoms with E-state index in [-0.39, 0.29) is 23.9 Å². The van der Waals surface area contributed by atoms with Crippen LogP contribution in [0, 0.1) is 0 Å². The molecule has 0 amide bonds. The molecule has 216 valence electrons. The van der Waals surface area contributed by atoms with Crippen molar-refractivity contribution in [2.75, 3.05) is 49.7 Å². The van der Waals surface area contributed by atoms with Crippen LogP contribution in [-0.2, 0) is 16.5 Å². The molecule has 41 heavy (non-hydrogen) atoms. The van der Waals surface area contributed by atoms with Gasteiger partial charge in [0, 0.05) is 57.7 Å². The van der Waals surface area contributed by atoms with Crippen molar-refractivity contribution < 1.29 is 14.2 Å². The Kier molecular flexibility index (Phi) is 7.17. The maximum absolute atomic E-state index is 13.0. The van der Waals surface area contributed by atoms with Crippen LogP contribution in [0.4, 0.5) is 11.8 Å². The lowest BCUT2D eigenvalue weighted by Crippen LogP contribution is -2.37. The lowest BCUT2D eigenvalue weighted by Gasteiger charge is -2.31. The molecule has 0 aromatic carbocycles. The van der Waals surface area contributed by atoms with E-state index in [4.69, 9.17) is 24.2 Å². The molecule has 0 radical (unpaired) electrons. The van der Waals surface area contributed by atoms with Crippen molar-refractivity contribution in [3.8, 4) is 5.88 Å². The van der Waals surface area contributed by atoms with Crippen molar-refractivity contribution in [3.63, 3.8) is 0 Å². The number of imidazole rings is 1. The van der Waals surface area contributed by atoms with Crippen molar-refractivity contribution in [2.24, 2.45) is 7.05 Å².